The van der Waals surface area contributed by atoms with Gasteiger partial charge in [-0.2, -0.15) is 0 Å². The summed E-state index contributed by atoms with van der Waals surface area (Å²) in [6.45, 7) is 6.27. The number of phenolic OH excluding ortho intramolecular Hbond substituents is 1. The molecule has 3 saturated heterocycles. The van der Waals surface area contributed by atoms with Crippen molar-refractivity contribution in [3.05, 3.63) is 29.8 Å². The van der Waals surface area contributed by atoms with Crippen LogP contribution < -0.4 is 0 Å². The zero-order chi connectivity index (χ0) is 16.9. The molecule has 0 aromatic heterocycles. The predicted octanol–water partition coefficient (Wildman–Crippen LogP) is 0.244. The summed E-state index contributed by atoms with van der Waals surface area (Å²) in [5, 5.41) is 20.0. The summed E-state index contributed by atoms with van der Waals surface area (Å²) in [6.07, 6.45) is 0.469. The fourth-order valence-corrected chi connectivity index (χ4v) is 4.72. The molecule has 2 unspecified atom stereocenters. The van der Waals surface area contributed by atoms with Crippen molar-refractivity contribution in [2.45, 2.75) is 37.6 Å². The first-order chi connectivity index (χ1) is 11.5. The first-order valence-electron chi connectivity index (χ1n) is 8.66. The number of fused-ring (bicyclic) bond motifs is 2. The van der Waals surface area contributed by atoms with Crippen molar-refractivity contribution < 1.29 is 15.0 Å². The van der Waals surface area contributed by atoms with Crippen LogP contribution >= 0.6 is 0 Å². The molecule has 4 rings (SSSR count). The number of aromatic hydroxyl groups is 1. The number of benzene rings is 1. The van der Waals surface area contributed by atoms with E-state index in [1.54, 1.807) is 13.0 Å². The van der Waals surface area contributed by atoms with Crippen LogP contribution in [0.5, 0.6) is 5.75 Å². The van der Waals surface area contributed by atoms with Gasteiger partial charge in [0.1, 0.15) is 5.75 Å². The van der Waals surface area contributed by atoms with E-state index in [9.17, 15) is 15.0 Å². The molecule has 1 aromatic rings. The van der Waals surface area contributed by atoms with E-state index < -0.39 is 0 Å². The van der Waals surface area contributed by atoms with Gasteiger partial charge in [0.2, 0.25) is 5.91 Å². The average Bonchev–Trinajstić information content (AvgIpc) is 2.88. The Morgan fingerprint density at radius 3 is 2.71 bits per heavy atom. The van der Waals surface area contributed by atoms with Crippen molar-refractivity contribution in [2.24, 2.45) is 0 Å². The normalized spacial score (nSPS) is 29.5. The minimum absolute atomic E-state index is 0.0452. The van der Waals surface area contributed by atoms with Gasteiger partial charge in [0.25, 0.3) is 0 Å². The molecule has 0 saturated carbocycles. The van der Waals surface area contributed by atoms with Crippen LogP contribution in [0, 0.1) is 0 Å². The Kier molecular flexibility index (Phi) is 3.78. The number of rotatable bonds is 2. The van der Waals surface area contributed by atoms with Gasteiger partial charge < -0.3 is 15.1 Å². The topological polar surface area (TPSA) is 67.3 Å². The highest BCUT2D eigenvalue weighted by atomic mass is 16.3. The van der Waals surface area contributed by atoms with Gasteiger partial charge in [-0.25, -0.2) is 0 Å². The van der Waals surface area contributed by atoms with Crippen LogP contribution in [0.2, 0.25) is 0 Å². The van der Waals surface area contributed by atoms with Crippen LogP contribution in [-0.4, -0.2) is 81.2 Å². The van der Waals surface area contributed by atoms with Crippen LogP contribution in [0.25, 0.3) is 0 Å². The third-order valence-corrected chi connectivity index (χ3v) is 5.78. The lowest BCUT2D eigenvalue weighted by Gasteiger charge is -2.61. The van der Waals surface area contributed by atoms with E-state index >= 15 is 0 Å². The number of hydrogen-bond donors (Lipinski definition) is 2. The number of amides is 1. The summed E-state index contributed by atoms with van der Waals surface area (Å²) in [4.78, 5) is 18.6. The van der Waals surface area contributed by atoms with E-state index in [1.807, 2.05) is 23.1 Å². The number of hydrogen-bond acceptors (Lipinski definition) is 5. The van der Waals surface area contributed by atoms with Gasteiger partial charge in [-0.1, -0.05) is 18.2 Å². The highest BCUT2D eigenvalue weighted by molar-refractivity contribution is 5.73. The Labute approximate surface area is 142 Å². The van der Waals surface area contributed by atoms with Gasteiger partial charge in [-0.15, -0.1) is 0 Å². The molecule has 130 valence electrons. The number of β-amino-alcohol motifs (C(OH)–C–C–N with tert-alkyl or cyclic N) is 1. The van der Waals surface area contributed by atoms with Crippen LogP contribution in [0.3, 0.4) is 0 Å². The molecule has 3 aliphatic heterocycles. The van der Waals surface area contributed by atoms with E-state index in [1.165, 1.54) is 0 Å². The third kappa shape index (κ3) is 2.59. The third-order valence-electron chi connectivity index (χ3n) is 5.78. The van der Waals surface area contributed by atoms with Crippen LogP contribution in [0.15, 0.2) is 24.3 Å². The fraction of sp³-hybridized carbons (Fsp3) is 0.611. The van der Waals surface area contributed by atoms with E-state index in [0.29, 0.717) is 12.3 Å². The summed E-state index contributed by atoms with van der Waals surface area (Å²) in [6, 6.07) is 7.71. The molecule has 24 heavy (non-hydrogen) atoms. The summed E-state index contributed by atoms with van der Waals surface area (Å²) < 4.78 is 0. The first-order valence-corrected chi connectivity index (χ1v) is 8.66. The maximum Gasteiger partial charge on any atom is 0.219 e. The monoisotopic (exact) mass is 331 g/mol. The van der Waals surface area contributed by atoms with Gasteiger partial charge >= 0.3 is 0 Å². The van der Waals surface area contributed by atoms with Gasteiger partial charge in [0, 0.05) is 57.8 Å². The first kappa shape index (κ1) is 15.9. The molecule has 1 spiro atoms. The number of likely N-dealkylation sites (tertiary alicyclic amines) is 1. The lowest BCUT2D eigenvalue weighted by molar-refractivity contribution is -0.149. The Morgan fingerprint density at radius 1 is 1.25 bits per heavy atom. The molecule has 3 heterocycles. The molecule has 2 atom stereocenters. The molecule has 0 aliphatic carbocycles. The number of para-hydroxylation sites is 1. The van der Waals surface area contributed by atoms with Crippen molar-refractivity contribution in [3.63, 3.8) is 0 Å². The second-order valence-electron chi connectivity index (χ2n) is 7.59. The zero-order valence-corrected chi connectivity index (χ0v) is 14.1. The molecule has 6 heteroatoms. The molecule has 6 nitrogen and oxygen atoms in total. The van der Waals surface area contributed by atoms with Crippen molar-refractivity contribution in [3.8, 4) is 5.75 Å². The number of carbonyl (C=O) groups excluding carboxylic acids is 1. The maximum absolute atomic E-state index is 11.9. The molecule has 0 bridgehead atoms. The van der Waals surface area contributed by atoms with Crippen LogP contribution in [-0.2, 0) is 11.3 Å². The van der Waals surface area contributed by atoms with E-state index in [2.05, 4.69) is 9.80 Å². The highest BCUT2D eigenvalue weighted by Crippen LogP contribution is 2.39. The van der Waals surface area contributed by atoms with Gasteiger partial charge in [-0.05, 0) is 12.5 Å². The second-order valence-corrected chi connectivity index (χ2v) is 7.59. The molecule has 3 aliphatic rings. The standard InChI is InChI=1S/C18H25N3O3/c1-13(22)20-8-15-6-16(23)9-21(15)18(12-20)10-19(11-18)7-14-4-2-3-5-17(14)24/h2-5,15-16,23-24H,6-12H2,1H3. The quantitative estimate of drug-likeness (QED) is 0.813. The zero-order valence-electron chi connectivity index (χ0n) is 14.1. The number of aliphatic hydroxyl groups is 1. The molecular formula is C18H25N3O3. The smallest absolute Gasteiger partial charge is 0.219 e. The number of nitrogens with zero attached hydrogens (tertiary/aromatic N) is 3. The minimum atomic E-state index is -0.286. The highest BCUT2D eigenvalue weighted by Gasteiger charge is 2.56. The molecule has 1 amide bonds. The summed E-state index contributed by atoms with van der Waals surface area (Å²) >= 11 is 0. The summed E-state index contributed by atoms with van der Waals surface area (Å²) in [5.74, 6) is 0.455. The van der Waals surface area contributed by atoms with E-state index in [-0.39, 0.29) is 23.6 Å². The van der Waals surface area contributed by atoms with Gasteiger partial charge in [0.15, 0.2) is 0 Å². The summed E-state index contributed by atoms with van der Waals surface area (Å²) in [7, 11) is 0. The van der Waals surface area contributed by atoms with E-state index in [4.69, 9.17) is 0 Å². The van der Waals surface area contributed by atoms with Crippen molar-refractivity contribution >= 4 is 5.91 Å². The average molecular weight is 331 g/mol. The van der Waals surface area contributed by atoms with Crippen LogP contribution in [0.4, 0.5) is 0 Å². The largest absolute Gasteiger partial charge is 0.508 e. The Morgan fingerprint density at radius 2 is 2.00 bits per heavy atom. The SMILES string of the molecule is CC(=O)N1CC2CC(O)CN2C2(CN(Cc3ccccc3O)C2)C1. The number of phenols is 1. The predicted molar refractivity (Wildman–Crippen MR) is 89.5 cm³/mol. The molecule has 0 radical (unpaired) electrons. The fourth-order valence-electron chi connectivity index (χ4n) is 4.72. The number of aliphatic hydroxyl groups excluding tert-OH is 1. The number of carbonyl (C=O) groups is 1. The number of piperazine rings is 1. The Balaban J connectivity index is 1.48. The molecule has 1 aromatic carbocycles. The Hall–Kier alpha value is -1.63. The molecular weight excluding hydrogens is 306 g/mol. The second kappa shape index (κ2) is 5.72. The minimum Gasteiger partial charge on any atom is -0.508 e. The lowest BCUT2D eigenvalue weighted by Crippen LogP contribution is -2.78. The maximum atomic E-state index is 11.9. The van der Waals surface area contributed by atoms with Crippen molar-refractivity contribution in [2.75, 3.05) is 32.7 Å². The van der Waals surface area contributed by atoms with Crippen molar-refractivity contribution in [1.29, 1.82) is 0 Å². The van der Waals surface area contributed by atoms with E-state index in [0.717, 1.165) is 44.7 Å². The molecule has 3 fully saturated rings. The summed E-state index contributed by atoms with van der Waals surface area (Å²) in [5.41, 5.74) is 0.890. The van der Waals surface area contributed by atoms with Crippen molar-refractivity contribution in [1.82, 2.24) is 14.7 Å². The Bertz CT molecular complexity index is 644. The lowest BCUT2D eigenvalue weighted by atomic mass is 9.83. The van der Waals surface area contributed by atoms with Gasteiger partial charge in [0.05, 0.1) is 11.6 Å². The van der Waals surface area contributed by atoms with Gasteiger partial charge in [-0.3, -0.25) is 14.6 Å². The van der Waals surface area contributed by atoms with Crippen LogP contribution in [0.1, 0.15) is 18.9 Å². The molecule has 2 N–H and O–H groups in total.